The Bertz CT molecular complexity index is 896. The lowest BCUT2D eigenvalue weighted by Crippen LogP contribution is -2.15. The van der Waals surface area contributed by atoms with E-state index in [0.717, 1.165) is 11.4 Å². The smallest absolute Gasteiger partial charge is 0.268 e. The summed E-state index contributed by atoms with van der Waals surface area (Å²) < 4.78 is 37.3. The minimum absolute atomic E-state index is 0.0318. The standard InChI is InChI=1S/C15H16N4O4S/c1-10-15(11(2)23-18-10)24(20,21)19-14-6-5-12(8-17-14)16-9-13-4-3-7-22-13/h3-8,16H,9H2,1-2H3,(H,17,19). The SMILES string of the molecule is Cc1noc(C)c1S(=O)(=O)Nc1ccc(NCc2ccco2)cn1. The summed E-state index contributed by atoms with van der Waals surface area (Å²) in [5.74, 6) is 1.23. The van der Waals surface area contributed by atoms with Crippen LogP contribution in [0.2, 0.25) is 0 Å². The summed E-state index contributed by atoms with van der Waals surface area (Å²) in [5.41, 5.74) is 1.04. The number of nitrogens with zero attached hydrogens (tertiary/aromatic N) is 2. The van der Waals surface area contributed by atoms with Crippen molar-refractivity contribution in [2.75, 3.05) is 10.0 Å². The number of aryl methyl sites for hydroxylation is 2. The largest absolute Gasteiger partial charge is 0.467 e. The maximum atomic E-state index is 12.4. The van der Waals surface area contributed by atoms with E-state index in [1.54, 1.807) is 32.2 Å². The van der Waals surface area contributed by atoms with Crippen molar-refractivity contribution >= 4 is 21.5 Å². The summed E-state index contributed by atoms with van der Waals surface area (Å²) >= 11 is 0. The number of rotatable bonds is 6. The second kappa shape index (κ2) is 6.36. The van der Waals surface area contributed by atoms with Crippen molar-refractivity contribution in [1.82, 2.24) is 10.1 Å². The van der Waals surface area contributed by atoms with Crippen molar-refractivity contribution in [2.45, 2.75) is 25.3 Å². The molecule has 0 aliphatic rings. The number of aromatic nitrogens is 2. The van der Waals surface area contributed by atoms with E-state index in [2.05, 4.69) is 20.2 Å². The molecule has 3 aromatic rings. The molecule has 0 unspecified atom stereocenters. The molecule has 9 heteroatoms. The van der Waals surface area contributed by atoms with Crippen LogP contribution < -0.4 is 10.0 Å². The van der Waals surface area contributed by atoms with Crippen LogP contribution in [-0.4, -0.2) is 18.6 Å². The molecule has 0 spiro atoms. The summed E-state index contributed by atoms with van der Waals surface area (Å²) in [6.45, 7) is 3.63. The third kappa shape index (κ3) is 3.40. The molecule has 0 saturated heterocycles. The highest BCUT2D eigenvalue weighted by atomic mass is 32.2. The van der Waals surface area contributed by atoms with Gasteiger partial charge in [0.05, 0.1) is 24.7 Å². The Kier molecular flexibility index (Phi) is 4.26. The second-order valence-electron chi connectivity index (χ2n) is 5.12. The molecule has 0 aromatic carbocycles. The third-order valence-electron chi connectivity index (χ3n) is 3.29. The van der Waals surface area contributed by atoms with Gasteiger partial charge in [-0.05, 0) is 38.1 Å². The van der Waals surface area contributed by atoms with Gasteiger partial charge in [-0.25, -0.2) is 13.4 Å². The van der Waals surface area contributed by atoms with Gasteiger partial charge in [-0.15, -0.1) is 0 Å². The summed E-state index contributed by atoms with van der Waals surface area (Å²) in [4.78, 5) is 4.13. The van der Waals surface area contributed by atoms with Gasteiger partial charge in [-0.2, -0.15) is 0 Å². The van der Waals surface area contributed by atoms with E-state index in [-0.39, 0.29) is 16.5 Å². The molecule has 126 valence electrons. The summed E-state index contributed by atoms with van der Waals surface area (Å²) in [6.07, 6.45) is 3.13. The minimum atomic E-state index is -3.80. The summed E-state index contributed by atoms with van der Waals surface area (Å²) in [5, 5.41) is 6.78. The lowest BCUT2D eigenvalue weighted by molar-refractivity contribution is 0.390. The number of anilines is 2. The predicted octanol–water partition coefficient (Wildman–Crippen LogP) is 2.69. The number of hydrogen-bond donors (Lipinski definition) is 2. The van der Waals surface area contributed by atoms with Gasteiger partial charge >= 0.3 is 0 Å². The van der Waals surface area contributed by atoms with Crippen molar-refractivity contribution in [3.05, 3.63) is 53.9 Å². The maximum absolute atomic E-state index is 12.4. The maximum Gasteiger partial charge on any atom is 0.268 e. The Labute approximate surface area is 138 Å². The topological polar surface area (TPSA) is 110 Å². The van der Waals surface area contributed by atoms with Crippen molar-refractivity contribution in [2.24, 2.45) is 0 Å². The van der Waals surface area contributed by atoms with Gasteiger partial charge in [0.25, 0.3) is 10.0 Å². The first-order chi connectivity index (χ1) is 11.5. The highest BCUT2D eigenvalue weighted by Crippen LogP contribution is 2.22. The number of furan rings is 1. The second-order valence-corrected chi connectivity index (χ2v) is 6.74. The van der Waals surface area contributed by atoms with Crippen LogP contribution >= 0.6 is 0 Å². The molecule has 0 radical (unpaired) electrons. The van der Waals surface area contributed by atoms with Gasteiger partial charge in [0.15, 0.2) is 10.7 Å². The molecule has 0 aliphatic carbocycles. The zero-order chi connectivity index (χ0) is 17.2. The Morgan fingerprint density at radius 2 is 2.04 bits per heavy atom. The van der Waals surface area contributed by atoms with E-state index in [4.69, 9.17) is 8.94 Å². The van der Waals surface area contributed by atoms with Gasteiger partial charge in [0, 0.05) is 0 Å². The van der Waals surface area contributed by atoms with E-state index in [1.807, 2.05) is 12.1 Å². The lowest BCUT2D eigenvalue weighted by Gasteiger charge is -2.08. The van der Waals surface area contributed by atoms with E-state index < -0.39 is 10.0 Å². The van der Waals surface area contributed by atoms with E-state index in [9.17, 15) is 8.42 Å². The van der Waals surface area contributed by atoms with Crippen molar-refractivity contribution in [3.8, 4) is 0 Å². The van der Waals surface area contributed by atoms with Gasteiger partial charge in [0.2, 0.25) is 0 Å². The Morgan fingerprint density at radius 1 is 1.21 bits per heavy atom. The molecular weight excluding hydrogens is 332 g/mol. The van der Waals surface area contributed by atoms with Gasteiger partial charge in [0.1, 0.15) is 17.3 Å². The van der Waals surface area contributed by atoms with Crippen LogP contribution in [0.5, 0.6) is 0 Å². The lowest BCUT2D eigenvalue weighted by atomic mass is 10.4. The van der Waals surface area contributed by atoms with Crippen LogP contribution in [0.25, 0.3) is 0 Å². The number of nitrogens with one attached hydrogen (secondary N) is 2. The molecule has 24 heavy (non-hydrogen) atoms. The quantitative estimate of drug-likeness (QED) is 0.704. The average molecular weight is 348 g/mol. The van der Waals surface area contributed by atoms with E-state index in [0.29, 0.717) is 12.2 Å². The highest BCUT2D eigenvalue weighted by molar-refractivity contribution is 7.92. The fraction of sp³-hybridized carbons (Fsp3) is 0.200. The molecule has 0 saturated carbocycles. The number of sulfonamides is 1. The third-order valence-corrected chi connectivity index (χ3v) is 4.88. The van der Waals surface area contributed by atoms with Crippen molar-refractivity contribution in [1.29, 1.82) is 0 Å². The fourth-order valence-electron chi connectivity index (χ4n) is 2.21. The van der Waals surface area contributed by atoms with E-state index in [1.165, 1.54) is 6.20 Å². The van der Waals surface area contributed by atoms with Crippen molar-refractivity contribution < 1.29 is 17.4 Å². The first-order valence-electron chi connectivity index (χ1n) is 7.14. The Morgan fingerprint density at radius 3 is 2.62 bits per heavy atom. The van der Waals surface area contributed by atoms with Crippen LogP contribution in [0.4, 0.5) is 11.5 Å². The Hall–Kier alpha value is -2.81. The minimum Gasteiger partial charge on any atom is -0.467 e. The van der Waals surface area contributed by atoms with Gasteiger partial charge < -0.3 is 14.3 Å². The average Bonchev–Trinajstić information content (AvgIpc) is 3.16. The van der Waals surface area contributed by atoms with Crippen LogP contribution in [0, 0.1) is 13.8 Å². The molecule has 0 aliphatic heterocycles. The van der Waals surface area contributed by atoms with Crippen molar-refractivity contribution in [3.63, 3.8) is 0 Å². The van der Waals surface area contributed by atoms with Crippen LogP contribution in [0.1, 0.15) is 17.2 Å². The molecule has 0 amide bonds. The van der Waals surface area contributed by atoms with Gasteiger partial charge in [-0.1, -0.05) is 5.16 Å². The fourth-order valence-corrected chi connectivity index (χ4v) is 3.55. The molecule has 3 aromatic heterocycles. The first kappa shape index (κ1) is 16.1. The molecule has 0 bridgehead atoms. The zero-order valence-electron chi connectivity index (χ0n) is 13.1. The predicted molar refractivity (Wildman–Crippen MR) is 87.1 cm³/mol. The molecule has 2 N–H and O–H groups in total. The van der Waals surface area contributed by atoms with E-state index >= 15 is 0 Å². The first-order valence-corrected chi connectivity index (χ1v) is 8.62. The van der Waals surface area contributed by atoms with Crippen LogP contribution in [0.15, 0.2) is 50.6 Å². The molecular formula is C15H16N4O4S. The van der Waals surface area contributed by atoms with Crippen LogP contribution in [-0.2, 0) is 16.6 Å². The normalized spacial score (nSPS) is 11.4. The number of pyridine rings is 1. The Balaban J connectivity index is 1.70. The summed E-state index contributed by atoms with van der Waals surface area (Å²) in [7, 11) is -3.80. The summed E-state index contributed by atoms with van der Waals surface area (Å²) in [6, 6.07) is 6.95. The molecule has 3 rings (SSSR count). The molecule has 0 atom stereocenters. The monoisotopic (exact) mass is 348 g/mol. The number of hydrogen-bond acceptors (Lipinski definition) is 7. The van der Waals surface area contributed by atoms with Crippen LogP contribution in [0.3, 0.4) is 0 Å². The molecule has 0 fully saturated rings. The zero-order valence-corrected chi connectivity index (χ0v) is 13.9. The van der Waals surface area contributed by atoms with Gasteiger partial charge in [-0.3, -0.25) is 4.72 Å². The molecule has 3 heterocycles. The molecule has 8 nitrogen and oxygen atoms in total. The highest BCUT2D eigenvalue weighted by Gasteiger charge is 2.24.